The predicted octanol–water partition coefficient (Wildman–Crippen LogP) is 2.66. The Hall–Kier alpha value is -2.56. The largest absolute Gasteiger partial charge is 0.486 e. The molecule has 3 rings (SSSR count). The predicted molar refractivity (Wildman–Crippen MR) is 83.3 cm³/mol. The average Bonchev–Trinajstić information content (AvgIpc) is 2.54. The van der Waals surface area contributed by atoms with Crippen molar-refractivity contribution in [3.05, 3.63) is 42.1 Å². The Kier molecular flexibility index (Phi) is 3.96. The van der Waals surface area contributed by atoms with Gasteiger partial charge in [-0.05, 0) is 44.2 Å². The second kappa shape index (κ2) is 6.05. The highest BCUT2D eigenvalue weighted by molar-refractivity contribution is 5.95. The standard InChI is InChI=1S/C17H18N2O3/c1-11(2)19-17(20)13-5-6-18-14(9-13)12-3-4-15-16(10-12)22-8-7-21-15/h3-6,9-11H,7-8H2,1-2H3,(H,19,20). The monoisotopic (exact) mass is 298 g/mol. The van der Waals surface area contributed by atoms with Gasteiger partial charge in [-0.15, -0.1) is 0 Å². The summed E-state index contributed by atoms with van der Waals surface area (Å²) in [5.41, 5.74) is 2.21. The molecule has 0 unspecified atom stereocenters. The fourth-order valence-corrected chi connectivity index (χ4v) is 2.28. The highest BCUT2D eigenvalue weighted by Crippen LogP contribution is 2.34. The van der Waals surface area contributed by atoms with Gasteiger partial charge in [-0.25, -0.2) is 0 Å². The number of aromatic nitrogens is 1. The summed E-state index contributed by atoms with van der Waals surface area (Å²) in [6, 6.07) is 9.26. The van der Waals surface area contributed by atoms with Gasteiger partial charge in [0, 0.05) is 23.4 Å². The Morgan fingerprint density at radius 3 is 2.68 bits per heavy atom. The zero-order valence-electron chi connectivity index (χ0n) is 12.6. The molecule has 5 nitrogen and oxygen atoms in total. The number of nitrogens with one attached hydrogen (secondary N) is 1. The Morgan fingerprint density at radius 1 is 1.14 bits per heavy atom. The molecular formula is C17H18N2O3. The molecule has 5 heteroatoms. The fourth-order valence-electron chi connectivity index (χ4n) is 2.28. The quantitative estimate of drug-likeness (QED) is 0.946. The zero-order valence-corrected chi connectivity index (χ0v) is 12.6. The topological polar surface area (TPSA) is 60.5 Å². The first-order chi connectivity index (χ1) is 10.6. The minimum atomic E-state index is -0.101. The van der Waals surface area contributed by atoms with E-state index in [0.29, 0.717) is 24.5 Å². The summed E-state index contributed by atoms with van der Waals surface area (Å²) in [4.78, 5) is 16.4. The van der Waals surface area contributed by atoms with Crippen LogP contribution in [0, 0.1) is 0 Å². The first kappa shape index (κ1) is 14.4. The van der Waals surface area contributed by atoms with Crippen LogP contribution in [0.25, 0.3) is 11.3 Å². The molecule has 0 radical (unpaired) electrons. The Morgan fingerprint density at radius 2 is 1.91 bits per heavy atom. The van der Waals surface area contributed by atoms with Crippen LogP contribution in [0.15, 0.2) is 36.5 Å². The Balaban J connectivity index is 1.90. The summed E-state index contributed by atoms with van der Waals surface area (Å²) in [5, 5.41) is 2.88. The lowest BCUT2D eigenvalue weighted by Crippen LogP contribution is -2.30. The van der Waals surface area contributed by atoms with Crippen molar-refractivity contribution < 1.29 is 14.3 Å². The SMILES string of the molecule is CC(C)NC(=O)c1ccnc(-c2ccc3c(c2)OCCO3)c1. The molecule has 0 atom stereocenters. The van der Waals surface area contributed by atoms with E-state index in [4.69, 9.17) is 9.47 Å². The van der Waals surface area contributed by atoms with Crippen molar-refractivity contribution in [2.24, 2.45) is 0 Å². The molecule has 1 amide bonds. The third-order valence-electron chi connectivity index (χ3n) is 3.28. The number of fused-ring (bicyclic) bond motifs is 1. The second-order valence-electron chi connectivity index (χ2n) is 5.42. The van der Waals surface area contributed by atoms with E-state index in [9.17, 15) is 4.79 Å². The first-order valence-electron chi connectivity index (χ1n) is 7.30. The van der Waals surface area contributed by atoms with Crippen molar-refractivity contribution >= 4 is 5.91 Å². The van der Waals surface area contributed by atoms with Crippen molar-refractivity contribution in [1.82, 2.24) is 10.3 Å². The number of ether oxygens (including phenoxy) is 2. The lowest BCUT2D eigenvalue weighted by molar-refractivity contribution is 0.0943. The Labute approximate surface area is 129 Å². The molecule has 1 aliphatic heterocycles. The van der Waals surface area contributed by atoms with E-state index < -0.39 is 0 Å². The van der Waals surface area contributed by atoms with Gasteiger partial charge < -0.3 is 14.8 Å². The van der Waals surface area contributed by atoms with Crippen molar-refractivity contribution in [3.63, 3.8) is 0 Å². The molecule has 1 aromatic heterocycles. The molecule has 0 aliphatic carbocycles. The van der Waals surface area contributed by atoms with Crippen LogP contribution in [-0.2, 0) is 0 Å². The number of amides is 1. The molecule has 0 spiro atoms. The van der Waals surface area contributed by atoms with Gasteiger partial charge in [-0.3, -0.25) is 9.78 Å². The molecule has 0 saturated heterocycles. The zero-order chi connectivity index (χ0) is 15.5. The molecule has 1 aliphatic rings. The first-order valence-corrected chi connectivity index (χ1v) is 7.30. The number of rotatable bonds is 3. The summed E-state index contributed by atoms with van der Waals surface area (Å²) >= 11 is 0. The van der Waals surface area contributed by atoms with Crippen molar-refractivity contribution in [1.29, 1.82) is 0 Å². The van der Waals surface area contributed by atoms with Crippen molar-refractivity contribution in [3.8, 4) is 22.8 Å². The van der Waals surface area contributed by atoms with Gasteiger partial charge in [0.1, 0.15) is 13.2 Å². The van der Waals surface area contributed by atoms with E-state index in [1.807, 2.05) is 32.0 Å². The maximum Gasteiger partial charge on any atom is 0.251 e. The molecule has 2 aromatic rings. The number of benzene rings is 1. The summed E-state index contributed by atoms with van der Waals surface area (Å²) in [7, 11) is 0. The number of hydrogen-bond donors (Lipinski definition) is 1. The molecule has 0 saturated carbocycles. The van der Waals surface area contributed by atoms with Gasteiger partial charge in [0.05, 0.1) is 5.69 Å². The maximum absolute atomic E-state index is 12.1. The number of carbonyl (C=O) groups is 1. The summed E-state index contributed by atoms with van der Waals surface area (Å²) in [5.74, 6) is 1.35. The van der Waals surface area contributed by atoms with Crippen LogP contribution in [0.4, 0.5) is 0 Å². The van der Waals surface area contributed by atoms with E-state index in [0.717, 1.165) is 17.0 Å². The summed E-state index contributed by atoms with van der Waals surface area (Å²) in [6.45, 7) is 4.97. The smallest absolute Gasteiger partial charge is 0.251 e. The molecule has 0 fully saturated rings. The molecule has 2 heterocycles. The van der Waals surface area contributed by atoms with Crippen LogP contribution in [0.3, 0.4) is 0 Å². The average molecular weight is 298 g/mol. The molecule has 1 N–H and O–H groups in total. The lowest BCUT2D eigenvalue weighted by atomic mass is 10.1. The normalized spacial score (nSPS) is 13.0. The molecule has 114 valence electrons. The van der Waals surface area contributed by atoms with Gasteiger partial charge in [-0.1, -0.05) is 0 Å². The second-order valence-corrected chi connectivity index (χ2v) is 5.42. The molecule has 1 aromatic carbocycles. The van der Waals surface area contributed by atoms with Crippen LogP contribution in [-0.4, -0.2) is 30.1 Å². The van der Waals surface area contributed by atoms with Crippen LogP contribution in [0.5, 0.6) is 11.5 Å². The van der Waals surface area contributed by atoms with Crippen molar-refractivity contribution in [2.45, 2.75) is 19.9 Å². The lowest BCUT2D eigenvalue weighted by Gasteiger charge is -2.18. The van der Waals surface area contributed by atoms with Crippen molar-refractivity contribution in [2.75, 3.05) is 13.2 Å². The van der Waals surface area contributed by atoms with Crippen LogP contribution in [0.2, 0.25) is 0 Å². The van der Waals surface area contributed by atoms with E-state index in [-0.39, 0.29) is 11.9 Å². The summed E-state index contributed by atoms with van der Waals surface area (Å²) in [6.07, 6.45) is 1.64. The highest BCUT2D eigenvalue weighted by atomic mass is 16.6. The highest BCUT2D eigenvalue weighted by Gasteiger charge is 2.14. The molecule has 22 heavy (non-hydrogen) atoms. The third kappa shape index (κ3) is 3.03. The Bertz CT molecular complexity index is 698. The van der Waals surface area contributed by atoms with E-state index >= 15 is 0 Å². The van der Waals surface area contributed by atoms with E-state index in [2.05, 4.69) is 10.3 Å². The summed E-state index contributed by atoms with van der Waals surface area (Å²) < 4.78 is 11.1. The minimum Gasteiger partial charge on any atom is -0.486 e. The number of pyridine rings is 1. The molecule has 0 bridgehead atoms. The number of carbonyl (C=O) groups excluding carboxylic acids is 1. The van der Waals surface area contributed by atoms with Gasteiger partial charge in [-0.2, -0.15) is 0 Å². The third-order valence-corrected chi connectivity index (χ3v) is 3.28. The van der Waals surface area contributed by atoms with Gasteiger partial charge in [0.2, 0.25) is 0 Å². The van der Waals surface area contributed by atoms with E-state index in [1.54, 1.807) is 18.3 Å². The van der Waals surface area contributed by atoms with Gasteiger partial charge in [0.25, 0.3) is 5.91 Å². The minimum absolute atomic E-state index is 0.0957. The van der Waals surface area contributed by atoms with Crippen LogP contribution in [0.1, 0.15) is 24.2 Å². The van der Waals surface area contributed by atoms with Gasteiger partial charge >= 0.3 is 0 Å². The molecular weight excluding hydrogens is 280 g/mol. The van der Waals surface area contributed by atoms with Crippen LogP contribution < -0.4 is 14.8 Å². The van der Waals surface area contributed by atoms with Crippen LogP contribution >= 0.6 is 0 Å². The maximum atomic E-state index is 12.1. The fraction of sp³-hybridized carbons (Fsp3) is 0.294. The van der Waals surface area contributed by atoms with Gasteiger partial charge in [0.15, 0.2) is 11.5 Å². The number of nitrogens with zero attached hydrogens (tertiary/aromatic N) is 1. The van der Waals surface area contributed by atoms with E-state index in [1.165, 1.54) is 0 Å². The number of hydrogen-bond acceptors (Lipinski definition) is 4.